The summed E-state index contributed by atoms with van der Waals surface area (Å²) in [5.41, 5.74) is 1.18. The number of carbonyl (C=O) groups is 1. The van der Waals surface area contributed by atoms with E-state index < -0.39 is 10.0 Å². The third kappa shape index (κ3) is 4.21. The molecule has 0 radical (unpaired) electrons. The van der Waals surface area contributed by atoms with Gasteiger partial charge in [0.2, 0.25) is 15.9 Å². The molecule has 2 aromatic carbocycles. The summed E-state index contributed by atoms with van der Waals surface area (Å²) in [5, 5.41) is 3.01. The van der Waals surface area contributed by atoms with Crippen LogP contribution >= 0.6 is 11.6 Å². The molecular weight excluding hydrogens is 403 g/mol. The molecule has 2 atom stereocenters. The van der Waals surface area contributed by atoms with Gasteiger partial charge in [0, 0.05) is 19.0 Å². The fourth-order valence-corrected chi connectivity index (χ4v) is 4.91. The quantitative estimate of drug-likeness (QED) is 0.722. The fraction of sp³-hybridized carbons (Fsp3) is 0.350. The summed E-state index contributed by atoms with van der Waals surface area (Å²) in [6.45, 7) is 4.24. The first-order valence-corrected chi connectivity index (χ1v) is 11.0. The number of hydrogen-bond acceptors (Lipinski definition) is 3. The molecule has 2 aromatic rings. The second-order valence-electron chi connectivity index (χ2n) is 6.72. The van der Waals surface area contributed by atoms with Crippen LogP contribution in [0.3, 0.4) is 0 Å². The summed E-state index contributed by atoms with van der Waals surface area (Å²) in [7, 11) is -3.65. The van der Waals surface area contributed by atoms with E-state index in [2.05, 4.69) is 5.32 Å². The number of hydrogen-bond donors (Lipinski definition) is 1. The molecule has 1 aliphatic carbocycles. The van der Waals surface area contributed by atoms with Gasteiger partial charge >= 0.3 is 0 Å². The van der Waals surface area contributed by atoms with Crippen LogP contribution in [0.2, 0.25) is 5.02 Å². The lowest BCUT2D eigenvalue weighted by molar-refractivity contribution is -0.117. The van der Waals surface area contributed by atoms with Crippen LogP contribution in [-0.2, 0) is 14.8 Å². The van der Waals surface area contributed by atoms with E-state index in [1.54, 1.807) is 26.0 Å². The Balaban J connectivity index is 1.76. The molecule has 150 valence electrons. The lowest BCUT2D eigenvalue weighted by atomic mass is 10.1. The number of rotatable bonds is 7. The highest BCUT2D eigenvalue weighted by molar-refractivity contribution is 7.89. The summed E-state index contributed by atoms with van der Waals surface area (Å²) < 4.78 is 39.8. The van der Waals surface area contributed by atoms with Crippen LogP contribution in [0.1, 0.15) is 31.7 Å². The standard InChI is InChI=1S/C20H22ClFN2O3S/c1-3-24(4-2)28(26,27)15-9-10-18(21)19(11-15)23-20(25)17-12-16(17)13-5-7-14(22)8-6-13/h5-11,16-17H,3-4,12H2,1-2H3,(H,23,25). The van der Waals surface area contributed by atoms with Crippen molar-refractivity contribution in [2.45, 2.75) is 31.1 Å². The molecule has 1 N–H and O–H groups in total. The van der Waals surface area contributed by atoms with Crippen molar-refractivity contribution in [1.29, 1.82) is 0 Å². The maximum absolute atomic E-state index is 13.1. The Morgan fingerprint density at radius 3 is 2.43 bits per heavy atom. The molecule has 1 amide bonds. The van der Waals surface area contributed by atoms with Gasteiger partial charge in [-0.1, -0.05) is 37.6 Å². The molecule has 8 heteroatoms. The van der Waals surface area contributed by atoms with E-state index in [0.717, 1.165) is 5.56 Å². The molecule has 0 spiro atoms. The van der Waals surface area contributed by atoms with E-state index in [-0.39, 0.29) is 39.2 Å². The van der Waals surface area contributed by atoms with E-state index in [9.17, 15) is 17.6 Å². The van der Waals surface area contributed by atoms with Crippen LogP contribution < -0.4 is 5.32 Å². The van der Waals surface area contributed by atoms with Crippen molar-refractivity contribution >= 4 is 33.2 Å². The van der Waals surface area contributed by atoms with Crippen molar-refractivity contribution in [1.82, 2.24) is 4.31 Å². The van der Waals surface area contributed by atoms with Gasteiger partial charge in [0.1, 0.15) is 5.82 Å². The van der Waals surface area contributed by atoms with Crippen LogP contribution in [0.5, 0.6) is 0 Å². The highest BCUT2D eigenvalue weighted by Crippen LogP contribution is 2.48. The first kappa shape index (κ1) is 20.8. The Labute approximate surface area is 169 Å². The molecule has 0 bridgehead atoms. The monoisotopic (exact) mass is 424 g/mol. The molecule has 28 heavy (non-hydrogen) atoms. The Kier molecular flexibility index (Phi) is 6.07. The van der Waals surface area contributed by atoms with Gasteiger partial charge in [-0.25, -0.2) is 12.8 Å². The molecule has 1 saturated carbocycles. The van der Waals surface area contributed by atoms with Crippen molar-refractivity contribution in [3.05, 3.63) is 58.9 Å². The van der Waals surface area contributed by atoms with E-state index in [1.165, 1.54) is 34.6 Å². The highest BCUT2D eigenvalue weighted by atomic mass is 35.5. The smallest absolute Gasteiger partial charge is 0.243 e. The van der Waals surface area contributed by atoms with Gasteiger partial charge in [0.25, 0.3) is 0 Å². The molecular formula is C20H22ClFN2O3S. The van der Waals surface area contributed by atoms with Crippen LogP contribution in [-0.4, -0.2) is 31.7 Å². The maximum Gasteiger partial charge on any atom is 0.243 e. The SMILES string of the molecule is CCN(CC)S(=O)(=O)c1ccc(Cl)c(NC(=O)C2CC2c2ccc(F)cc2)c1. The van der Waals surface area contributed by atoms with Crippen LogP contribution in [0.15, 0.2) is 47.4 Å². The van der Waals surface area contributed by atoms with Crippen molar-refractivity contribution in [3.8, 4) is 0 Å². The van der Waals surface area contributed by atoms with Gasteiger partial charge in [0.15, 0.2) is 0 Å². The Morgan fingerprint density at radius 1 is 1.18 bits per heavy atom. The average molecular weight is 425 g/mol. The minimum Gasteiger partial charge on any atom is -0.324 e. The number of sulfonamides is 1. The second-order valence-corrected chi connectivity index (χ2v) is 9.07. The molecule has 2 unspecified atom stereocenters. The zero-order valence-corrected chi connectivity index (χ0v) is 17.2. The van der Waals surface area contributed by atoms with Gasteiger partial charge < -0.3 is 5.32 Å². The molecule has 5 nitrogen and oxygen atoms in total. The number of carbonyl (C=O) groups excluding carboxylic acids is 1. The average Bonchev–Trinajstić information content (AvgIpc) is 3.45. The van der Waals surface area contributed by atoms with Crippen molar-refractivity contribution in [2.24, 2.45) is 5.92 Å². The minimum atomic E-state index is -3.65. The second kappa shape index (κ2) is 8.19. The Morgan fingerprint density at radius 2 is 1.82 bits per heavy atom. The number of anilines is 1. The number of benzene rings is 2. The van der Waals surface area contributed by atoms with Gasteiger partial charge in [-0.15, -0.1) is 0 Å². The van der Waals surface area contributed by atoms with Crippen LogP contribution in [0.25, 0.3) is 0 Å². The first-order valence-electron chi connectivity index (χ1n) is 9.14. The van der Waals surface area contributed by atoms with Crippen LogP contribution in [0.4, 0.5) is 10.1 Å². The number of nitrogens with one attached hydrogen (secondary N) is 1. The van der Waals surface area contributed by atoms with Gasteiger partial charge in [-0.3, -0.25) is 4.79 Å². The normalized spacial score (nSPS) is 18.9. The number of amides is 1. The first-order chi connectivity index (χ1) is 13.3. The largest absolute Gasteiger partial charge is 0.324 e. The summed E-state index contributed by atoms with van der Waals surface area (Å²) in [6, 6.07) is 10.4. The molecule has 0 aromatic heterocycles. The fourth-order valence-electron chi connectivity index (χ4n) is 3.26. The summed E-state index contributed by atoms with van der Waals surface area (Å²) in [4.78, 5) is 12.7. The van der Waals surface area contributed by atoms with Crippen molar-refractivity contribution in [3.63, 3.8) is 0 Å². The van der Waals surface area contributed by atoms with Crippen molar-refractivity contribution < 1.29 is 17.6 Å². The lowest BCUT2D eigenvalue weighted by Crippen LogP contribution is -2.30. The molecule has 0 heterocycles. The summed E-state index contributed by atoms with van der Waals surface area (Å²) in [5.74, 6) is -0.761. The third-order valence-electron chi connectivity index (χ3n) is 4.96. The number of halogens is 2. The zero-order valence-electron chi connectivity index (χ0n) is 15.7. The lowest BCUT2D eigenvalue weighted by Gasteiger charge is -2.19. The summed E-state index contributed by atoms with van der Waals surface area (Å²) in [6.07, 6.45) is 0.659. The molecule has 1 aliphatic rings. The van der Waals surface area contributed by atoms with E-state index in [4.69, 9.17) is 11.6 Å². The highest BCUT2D eigenvalue weighted by Gasteiger charge is 2.44. The topological polar surface area (TPSA) is 66.5 Å². The predicted octanol–water partition coefficient (Wildman–Crippen LogP) is 4.25. The Hall–Kier alpha value is -1.96. The predicted molar refractivity (Wildman–Crippen MR) is 107 cm³/mol. The molecule has 3 rings (SSSR count). The maximum atomic E-state index is 13.1. The minimum absolute atomic E-state index is 0.0296. The third-order valence-corrected chi connectivity index (χ3v) is 7.34. The Bertz CT molecular complexity index is 975. The zero-order chi connectivity index (χ0) is 20.5. The number of nitrogens with zero attached hydrogens (tertiary/aromatic N) is 1. The molecule has 1 fully saturated rings. The van der Waals surface area contributed by atoms with Crippen LogP contribution in [0, 0.1) is 11.7 Å². The van der Waals surface area contributed by atoms with E-state index in [1.807, 2.05) is 0 Å². The molecule has 0 aliphatic heterocycles. The van der Waals surface area contributed by atoms with Gasteiger partial charge in [-0.05, 0) is 48.2 Å². The van der Waals surface area contributed by atoms with Gasteiger partial charge in [0.05, 0.1) is 15.6 Å². The van der Waals surface area contributed by atoms with E-state index in [0.29, 0.717) is 19.5 Å². The van der Waals surface area contributed by atoms with Crippen molar-refractivity contribution in [2.75, 3.05) is 18.4 Å². The van der Waals surface area contributed by atoms with E-state index >= 15 is 0 Å². The summed E-state index contributed by atoms with van der Waals surface area (Å²) >= 11 is 6.17. The van der Waals surface area contributed by atoms with Gasteiger partial charge in [-0.2, -0.15) is 4.31 Å². The molecule has 0 saturated heterocycles.